The summed E-state index contributed by atoms with van der Waals surface area (Å²) in [6, 6.07) is -0.184. The molecule has 4 heteroatoms. The first-order valence-corrected chi connectivity index (χ1v) is 4.64. The first-order chi connectivity index (χ1) is 6.02. The number of nitrogens with one attached hydrogen (secondary N) is 1. The van der Waals surface area contributed by atoms with Gasteiger partial charge in [-0.05, 0) is 19.8 Å². The van der Waals surface area contributed by atoms with Gasteiger partial charge in [0.2, 0.25) is 0 Å². The molecule has 0 radical (unpaired) electrons. The average molecular weight is 189 g/mol. The van der Waals surface area contributed by atoms with Crippen LogP contribution in [0.1, 0.15) is 33.6 Å². The predicted molar refractivity (Wildman–Crippen MR) is 50.6 cm³/mol. The van der Waals surface area contributed by atoms with Crippen molar-refractivity contribution in [2.24, 2.45) is 0 Å². The standard InChI is InChI=1S/C9H19NO3/c1-4-9(5-2,8(12)13)10-7(3)6-11/h7,10-11H,4-6H2,1-3H3,(H,12,13). The monoisotopic (exact) mass is 189 g/mol. The number of hydrogen-bond acceptors (Lipinski definition) is 3. The normalized spacial score (nSPS) is 14.2. The lowest BCUT2D eigenvalue weighted by atomic mass is 9.92. The number of aliphatic hydroxyl groups is 1. The molecule has 0 amide bonds. The highest BCUT2D eigenvalue weighted by molar-refractivity contribution is 5.78. The number of hydrogen-bond donors (Lipinski definition) is 3. The van der Waals surface area contributed by atoms with Gasteiger partial charge in [-0.1, -0.05) is 13.8 Å². The molecule has 0 aromatic heterocycles. The minimum absolute atomic E-state index is 0.0466. The van der Waals surface area contributed by atoms with Gasteiger partial charge in [0.25, 0.3) is 0 Å². The highest BCUT2D eigenvalue weighted by Gasteiger charge is 2.35. The Balaban J connectivity index is 4.48. The molecule has 4 nitrogen and oxygen atoms in total. The summed E-state index contributed by atoms with van der Waals surface area (Å²) in [6.45, 7) is 5.38. The van der Waals surface area contributed by atoms with Crippen LogP contribution in [-0.2, 0) is 4.79 Å². The molecule has 0 fully saturated rings. The number of rotatable bonds is 6. The predicted octanol–water partition coefficient (Wildman–Crippen LogP) is 0.600. The molecule has 0 aliphatic carbocycles. The molecule has 0 saturated carbocycles. The van der Waals surface area contributed by atoms with Crippen LogP contribution in [0.5, 0.6) is 0 Å². The van der Waals surface area contributed by atoms with E-state index in [1.165, 1.54) is 0 Å². The van der Waals surface area contributed by atoms with E-state index in [0.717, 1.165) is 0 Å². The van der Waals surface area contributed by atoms with Gasteiger partial charge in [-0.3, -0.25) is 10.1 Å². The summed E-state index contributed by atoms with van der Waals surface area (Å²) < 4.78 is 0. The highest BCUT2D eigenvalue weighted by atomic mass is 16.4. The maximum Gasteiger partial charge on any atom is 0.323 e. The third kappa shape index (κ3) is 2.97. The third-order valence-electron chi connectivity index (χ3n) is 2.41. The van der Waals surface area contributed by atoms with Gasteiger partial charge in [0, 0.05) is 6.04 Å². The van der Waals surface area contributed by atoms with Crippen LogP contribution >= 0.6 is 0 Å². The molecule has 78 valence electrons. The zero-order valence-electron chi connectivity index (χ0n) is 8.50. The molecule has 0 spiro atoms. The maximum atomic E-state index is 11.0. The van der Waals surface area contributed by atoms with Gasteiger partial charge in [-0.2, -0.15) is 0 Å². The number of aliphatic hydroxyl groups excluding tert-OH is 1. The lowest BCUT2D eigenvalue weighted by molar-refractivity contribution is -0.145. The van der Waals surface area contributed by atoms with Crippen molar-refractivity contribution in [1.29, 1.82) is 0 Å². The van der Waals surface area contributed by atoms with Gasteiger partial charge in [0.15, 0.2) is 0 Å². The van der Waals surface area contributed by atoms with Crippen LogP contribution < -0.4 is 5.32 Å². The summed E-state index contributed by atoms with van der Waals surface area (Å²) in [5.41, 5.74) is -0.887. The minimum Gasteiger partial charge on any atom is -0.480 e. The van der Waals surface area contributed by atoms with E-state index < -0.39 is 11.5 Å². The Morgan fingerprint density at radius 1 is 1.46 bits per heavy atom. The molecule has 0 aromatic carbocycles. The number of carboxylic acid groups (broad SMARTS) is 1. The summed E-state index contributed by atoms with van der Waals surface area (Å²) in [7, 11) is 0. The Morgan fingerprint density at radius 3 is 2.15 bits per heavy atom. The second-order valence-corrected chi connectivity index (χ2v) is 3.32. The summed E-state index contributed by atoms with van der Waals surface area (Å²) in [5.74, 6) is -0.849. The van der Waals surface area contributed by atoms with E-state index >= 15 is 0 Å². The van der Waals surface area contributed by atoms with Crippen molar-refractivity contribution in [3.8, 4) is 0 Å². The van der Waals surface area contributed by atoms with Gasteiger partial charge < -0.3 is 10.2 Å². The van der Waals surface area contributed by atoms with Gasteiger partial charge >= 0.3 is 5.97 Å². The van der Waals surface area contributed by atoms with Crippen LogP contribution in [0.25, 0.3) is 0 Å². The van der Waals surface area contributed by atoms with E-state index in [1.54, 1.807) is 6.92 Å². The number of carbonyl (C=O) groups is 1. The molecule has 0 bridgehead atoms. The van der Waals surface area contributed by atoms with Crippen molar-refractivity contribution in [3.63, 3.8) is 0 Å². The molecule has 3 N–H and O–H groups in total. The van der Waals surface area contributed by atoms with Crippen LogP contribution in [0, 0.1) is 0 Å². The fourth-order valence-corrected chi connectivity index (χ4v) is 1.34. The van der Waals surface area contributed by atoms with E-state index in [4.69, 9.17) is 10.2 Å². The Hall–Kier alpha value is -0.610. The minimum atomic E-state index is -0.887. The lowest BCUT2D eigenvalue weighted by Crippen LogP contribution is -2.55. The van der Waals surface area contributed by atoms with Crippen LogP contribution in [0.2, 0.25) is 0 Å². The Labute approximate surface area is 79.0 Å². The Bertz CT molecular complexity index is 166. The second kappa shape index (κ2) is 5.19. The highest BCUT2D eigenvalue weighted by Crippen LogP contribution is 2.16. The smallest absolute Gasteiger partial charge is 0.323 e. The molecule has 0 rings (SSSR count). The van der Waals surface area contributed by atoms with E-state index in [2.05, 4.69) is 5.32 Å². The van der Waals surface area contributed by atoms with Gasteiger partial charge in [-0.25, -0.2) is 0 Å². The van der Waals surface area contributed by atoms with E-state index in [9.17, 15) is 4.79 Å². The van der Waals surface area contributed by atoms with E-state index in [0.29, 0.717) is 12.8 Å². The van der Waals surface area contributed by atoms with Crippen LogP contribution in [0.15, 0.2) is 0 Å². The average Bonchev–Trinajstić information content (AvgIpc) is 2.13. The molecule has 0 heterocycles. The molecular formula is C9H19NO3. The van der Waals surface area contributed by atoms with Crippen molar-refractivity contribution in [1.82, 2.24) is 5.32 Å². The topological polar surface area (TPSA) is 69.6 Å². The third-order valence-corrected chi connectivity index (χ3v) is 2.41. The molecule has 0 aromatic rings. The summed E-state index contributed by atoms with van der Waals surface area (Å²) in [4.78, 5) is 11.0. The fraction of sp³-hybridized carbons (Fsp3) is 0.889. The molecule has 0 aliphatic rings. The molecule has 1 atom stereocenters. The van der Waals surface area contributed by atoms with E-state index in [-0.39, 0.29) is 12.6 Å². The summed E-state index contributed by atoms with van der Waals surface area (Å²) in [6.07, 6.45) is 1.03. The lowest BCUT2D eigenvalue weighted by Gasteiger charge is -2.31. The molecular weight excluding hydrogens is 170 g/mol. The van der Waals surface area contributed by atoms with Crippen molar-refractivity contribution >= 4 is 5.97 Å². The van der Waals surface area contributed by atoms with Crippen LogP contribution in [-0.4, -0.2) is 34.4 Å². The van der Waals surface area contributed by atoms with Gasteiger partial charge in [0.1, 0.15) is 5.54 Å². The van der Waals surface area contributed by atoms with Crippen LogP contribution in [0.4, 0.5) is 0 Å². The zero-order valence-corrected chi connectivity index (χ0v) is 8.50. The van der Waals surface area contributed by atoms with Crippen molar-refractivity contribution in [3.05, 3.63) is 0 Å². The molecule has 1 unspecified atom stereocenters. The Kier molecular flexibility index (Phi) is 4.95. The first kappa shape index (κ1) is 12.4. The van der Waals surface area contributed by atoms with Gasteiger partial charge in [-0.15, -0.1) is 0 Å². The second-order valence-electron chi connectivity index (χ2n) is 3.32. The van der Waals surface area contributed by atoms with E-state index in [1.807, 2.05) is 13.8 Å². The summed E-state index contributed by atoms with van der Waals surface area (Å²) in [5, 5.41) is 20.8. The molecule has 0 saturated heterocycles. The largest absolute Gasteiger partial charge is 0.480 e. The molecule has 0 aliphatic heterocycles. The van der Waals surface area contributed by atoms with Crippen molar-refractivity contribution in [2.45, 2.75) is 45.2 Å². The zero-order chi connectivity index (χ0) is 10.5. The van der Waals surface area contributed by atoms with Crippen molar-refractivity contribution < 1.29 is 15.0 Å². The summed E-state index contributed by atoms with van der Waals surface area (Å²) >= 11 is 0. The first-order valence-electron chi connectivity index (χ1n) is 4.64. The SMILES string of the molecule is CCC(CC)(NC(C)CO)C(=O)O. The number of aliphatic carboxylic acids is 1. The maximum absolute atomic E-state index is 11.0. The van der Waals surface area contributed by atoms with Gasteiger partial charge in [0.05, 0.1) is 6.61 Å². The van der Waals surface area contributed by atoms with Crippen molar-refractivity contribution in [2.75, 3.05) is 6.61 Å². The number of carboxylic acids is 1. The fourth-order valence-electron chi connectivity index (χ4n) is 1.34. The van der Waals surface area contributed by atoms with Crippen LogP contribution in [0.3, 0.4) is 0 Å². The molecule has 13 heavy (non-hydrogen) atoms. The quantitative estimate of drug-likeness (QED) is 0.572. The Morgan fingerprint density at radius 2 is 1.92 bits per heavy atom.